The molecule has 0 amide bonds. The molecule has 3 nitrogen and oxygen atoms in total. The van der Waals surface area contributed by atoms with E-state index in [-0.39, 0.29) is 6.61 Å². The molecule has 0 saturated heterocycles. The largest absolute Gasteiger partial charge is 0.496 e. The highest BCUT2D eigenvalue weighted by atomic mass is 16.5. The highest BCUT2D eigenvalue weighted by molar-refractivity contribution is 5.87. The number of hydrogen-bond acceptors (Lipinski definition) is 3. The summed E-state index contributed by atoms with van der Waals surface area (Å²) in [6.07, 6.45) is 7.90. The molecule has 82 valence electrons. The molecule has 3 heteroatoms. The fourth-order valence-corrected chi connectivity index (χ4v) is 1.12. The Morgan fingerprint density at radius 3 is 2.94 bits per heavy atom. The molecule has 0 heterocycles. The molecule has 0 aliphatic rings. The van der Waals surface area contributed by atoms with Crippen LogP contribution in [0.15, 0.2) is 30.3 Å². The van der Waals surface area contributed by atoms with Gasteiger partial charge in [-0.1, -0.05) is 24.1 Å². The van der Waals surface area contributed by atoms with Crippen molar-refractivity contribution in [3.05, 3.63) is 35.9 Å². The smallest absolute Gasteiger partial charge is 0.331 e. The van der Waals surface area contributed by atoms with E-state index in [0.29, 0.717) is 5.75 Å². The molecule has 0 bridgehead atoms. The lowest BCUT2D eigenvalue weighted by Gasteiger charge is -2.02. The Bertz CT molecular complexity index is 427. The van der Waals surface area contributed by atoms with Crippen LogP contribution < -0.4 is 4.74 Å². The van der Waals surface area contributed by atoms with Crippen molar-refractivity contribution in [1.82, 2.24) is 0 Å². The van der Waals surface area contributed by atoms with Gasteiger partial charge in [-0.25, -0.2) is 4.79 Å². The van der Waals surface area contributed by atoms with E-state index in [4.69, 9.17) is 11.2 Å². The maximum Gasteiger partial charge on any atom is 0.331 e. The van der Waals surface area contributed by atoms with E-state index in [2.05, 4.69) is 10.7 Å². The zero-order valence-corrected chi connectivity index (χ0v) is 8.97. The Morgan fingerprint density at radius 1 is 1.50 bits per heavy atom. The average Bonchev–Trinajstić information content (AvgIpc) is 2.34. The standard InChI is InChI=1S/C13H12O3/c1-3-10-16-13(14)9-8-11-6-4-5-7-12(11)15-2/h1,4-9H,10H2,2H3. The van der Waals surface area contributed by atoms with Crippen molar-refractivity contribution in [3.8, 4) is 18.1 Å². The second-order valence-corrected chi connectivity index (χ2v) is 2.89. The van der Waals surface area contributed by atoms with Gasteiger partial charge in [0.05, 0.1) is 7.11 Å². The Balaban J connectivity index is 2.69. The first kappa shape index (κ1) is 11.9. The molecule has 1 aromatic rings. The van der Waals surface area contributed by atoms with Crippen LogP contribution in [0.3, 0.4) is 0 Å². The SMILES string of the molecule is C#CCOC(=O)C=Cc1ccccc1OC. The molecule has 16 heavy (non-hydrogen) atoms. The number of carbonyl (C=O) groups excluding carboxylic acids is 1. The molecule has 0 atom stereocenters. The zero-order valence-electron chi connectivity index (χ0n) is 8.97. The summed E-state index contributed by atoms with van der Waals surface area (Å²) in [7, 11) is 1.57. The number of rotatable bonds is 4. The molecule has 0 N–H and O–H groups in total. The van der Waals surface area contributed by atoms with Crippen molar-refractivity contribution in [2.75, 3.05) is 13.7 Å². The summed E-state index contributed by atoms with van der Waals surface area (Å²) in [5.74, 6) is 2.45. The summed E-state index contributed by atoms with van der Waals surface area (Å²) in [6.45, 7) is -0.0188. The second kappa shape index (κ2) is 6.31. The number of para-hydroxylation sites is 1. The lowest BCUT2D eigenvalue weighted by atomic mass is 10.2. The summed E-state index contributed by atoms with van der Waals surface area (Å²) in [5.41, 5.74) is 0.808. The molecular weight excluding hydrogens is 204 g/mol. The molecule has 0 unspecified atom stereocenters. The first-order valence-corrected chi connectivity index (χ1v) is 4.69. The fraction of sp³-hybridized carbons (Fsp3) is 0.154. The highest BCUT2D eigenvalue weighted by Gasteiger charge is 1.99. The van der Waals surface area contributed by atoms with Gasteiger partial charge in [0.25, 0.3) is 0 Å². The second-order valence-electron chi connectivity index (χ2n) is 2.89. The summed E-state index contributed by atoms with van der Waals surface area (Å²) >= 11 is 0. The lowest BCUT2D eigenvalue weighted by molar-refractivity contribution is -0.136. The van der Waals surface area contributed by atoms with Gasteiger partial charge in [-0.05, 0) is 12.1 Å². The topological polar surface area (TPSA) is 35.5 Å². The third-order valence-electron chi connectivity index (χ3n) is 1.84. The number of carbonyl (C=O) groups is 1. The predicted molar refractivity (Wildman–Crippen MR) is 61.8 cm³/mol. The van der Waals surface area contributed by atoms with Crippen LogP contribution in [0.1, 0.15) is 5.56 Å². The Morgan fingerprint density at radius 2 is 2.25 bits per heavy atom. The summed E-state index contributed by atoms with van der Waals surface area (Å²) < 4.78 is 9.81. The van der Waals surface area contributed by atoms with Crippen LogP contribution >= 0.6 is 0 Å². The Kier molecular flexibility index (Phi) is 4.68. The van der Waals surface area contributed by atoms with Crippen LogP contribution in [0, 0.1) is 12.3 Å². The van der Waals surface area contributed by atoms with Crippen LogP contribution in [-0.4, -0.2) is 19.7 Å². The fourth-order valence-electron chi connectivity index (χ4n) is 1.12. The number of esters is 1. The summed E-state index contributed by atoms with van der Waals surface area (Å²) in [5, 5.41) is 0. The Hall–Kier alpha value is -2.21. The van der Waals surface area contributed by atoms with E-state index in [0.717, 1.165) is 5.56 Å². The van der Waals surface area contributed by atoms with Crippen LogP contribution in [0.5, 0.6) is 5.75 Å². The van der Waals surface area contributed by atoms with E-state index >= 15 is 0 Å². The van der Waals surface area contributed by atoms with E-state index in [1.807, 2.05) is 24.3 Å². The van der Waals surface area contributed by atoms with E-state index in [9.17, 15) is 4.79 Å². The molecule has 0 saturated carbocycles. The van der Waals surface area contributed by atoms with Gasteiger partial charge in [-0.15, -0.1) is 6.42 Å². The molecule has 0 aromatic heterocycles. The Labute approximate surface area is 94.7 Å². The van der Waals surface area contributed by atoms with E-state index in [1.165, 1.54) is 6.08 Å². The van der Waals surface area contributed by atoms with Gasteiger partial charge in [-0.3, -0.25) is 0 Å². The highest BCUT2D eigenvalue weighted by Crippen LogP contribution is 2.18. The van der Waals surface area contributed by atoms with Crippen molar-refractivity contribution >= 4 is 12.0 Å². The molecule has 0 spiro atoms. The molecular formula is C13H12O3. The van der Waals surface area contributed by atoms with Crippen molar-refractivity contribution < 1.29 is 14.3 Å². The van der Waals surface area contributed by atoms with Gasteiger partial charge in [0.15, 0.2) is 6.61 Å². The van der Waals surface area contributed by atoms with Gasteiger partial charge in [-0.2, -0.15) is 0 Å². The van der Waals surface area contributed by atoms with Crippen LogP contribution in [-0.2, 0) is 9.53 Å². The molecule has 0 fully saturated rings. The number of benzene rings is 1. The zero-order chi connectivity index (χ0) is 11.8. The summed E-state index contributed by atoms with van der Waals surface area (Å²) in [6, 6.07) is 7.36. The molecule has 0 aliphatic carbocycles. The van der Waals surface area contributed by atoms with E-state index < -0.39 is 5.97 Å². The maximum absolute atomic E-state index is 11.1. The lowest BCUT2D eigenvalue weighted by Crippen LogP contribution is -2.00. The average molecular weight is 216 g/mol. The number of terminal acetylenes is 1. The van der Waals surface area contributed by atoms with Crippen LogP contribution in [0.2, 0.25) is 0 Å². The first-order valence-electron chi connectivity index (χ1n) is 4.69. The number of ether oxygens (including phenoxy) is 2. The molecule has 1 aromatic carbocycles. The predicted octanol–water partition coefficient (Wildman–Crippen LogP) is 1.88. The molecule has 0 aliphatic heterocycles. The summed E-state index contributed by atoms with van der Waals surface area (Å²) in [4.78, 5) is 11.1. The van der Waals surface area contributed by atoms with Gasteiger partial charge in [0.1, 0.15) is 5.75 Å². The molecule has 1 rings (SSSR count). The maximum atomic E-state index is 11.1. The van der Waals surface area contributed by atoms with E-state index in [1.54, 1.807) is 13.2 Å². The minimum absolute atomic E-state index is 0.0188. The first-order chi connectivity index (χ1) is 7.77. The molecule has 0 radical (unpaired) electrons. The number of methoxy groups -OCH3 is 1. The van der Waals surface area contributed by atoms with Crippen molar-refractivity contribution in [3.63, 3.8) is 0 Å². The van der Waals surface area contributed by atoms with Crippen LogP contribution in [0.4, 0.5) is 0 Å². The number of hydrogen-bond donors (Lipinski definition) is 0. The van der Waals surface area contributed by atoms with Gasteiger partial charge in [0, 0.05) is 11.6 Å². The quantitative estimate of drug-likeness (QED) is 0.438. The van der Waals surface area contributed by atoms with Gasteiger partial charge < -0.3 is 9.47 Å². The van der Waals surface area contributed by atoms with Crippen molar-refractivity contribution in [1.29, 1.82) is 0 Å². The van der Waals surface area contributed by atoms with Crippen molar-refractivity contribution in [2.45, 2.75) is 0 Å². The van der Waals surface area contributed by atoms with Crippen LogP contribution in [0.25, 0.3) is 6.08 Å². The van der Waals surface area contributed by atoms with Gasteiger partial charge >= 0.3 is 5.97 Å². The third-order valence-corrected chi connectivity index (χ3v) is 1.84. The van der Waals surface area contributed by atoms with Gasteiger partial charge in [0.2, 0.25) is 0 Å². The monoisotopic (exact) mass is 216 g/mol. The van der Waals surface area contributed by atoms with Crippen molar-refractivity contribution in [2.24, 2.45) is 0 Å². The normalized spacial score (nSPS) is 9.75. The minimum Gasteiger partial charge on any atom is -0.496 e. The third kappa shape index (κ3) is 3.50. The minimum atomic E-state index is -0.469.